The second-order valence-electron chi connectivity index (χ2n) is 5.00. The summed E-state index contributed by atoms with van der Waals surface area (Å²) in [6, 6.07) is 10.2. The van der Waals surface area contributed by atoms with Crippen molar-refractivity contribution in [2.45, 2.75) is 4.90 Å². The van der Waals surface area contributed by atoms with Gasteiger partial charge in [0.2, 0.25) is 0 Å². The highest BCUT2D eigenvalue weighted by Gasteiger charge is 2.21. The number of aromatic nitrogens is 1. The number of benzene rings is 2. The highest BCUT2D eigenvalue weighted by molar-refractivity contribution is 9.10. The number of fused-ring (bicyclic) bond motifs is 1. The van der Waals surface area contributed by atoms with Gasteiger partial charge in [-0.05, 0) is 30.3 Å². The Bertz CT molecular complexity index is 1110. The zero-order chi connectivity index (χ0) is 18.2. The fraction of sp³-hybridized carbons (Fsp3) is 0. The van der Waals surface area contributed by atoms with Crippen LogP contribution in [0.4, 0.5) is 11.4 Å². The van der Waals surface area contributed by atoms with Crippen LogP contribution in [0.2, 0.25) is 5.02 Å². The smallest absolute Gasteiger partial charge is 0.277 e. The number of hydrogen-bond donors (Lipinski definition) is 1. The number of sulfonamides is 1. The van der Waals surface area contributed by atoms with Crippen LogP contribution in [0, 0.1) is 10.1 Å². The van der Waals surface area contributed by atoms with Gasteiger partial charge in [-0.15, -0.1) is 0 Å². The molecule has 2 aromatic carbocycles. The Morgan fingerprint density at radius 1 is 1.20 bits per heavy atom. The van der Waals surface area contributed by atoms with Crippen LogP contribution in [0.5, 0.6) is 0 Å². The summed E-state index contributed by atoms with van der Waals surface area (Å²) in [5.41, 5.74) is 0.224. The van der Waals surface area contributed by atoms with E-state index in [9.17, 15) is 18.5 Å². The van der Waals surface area contributed by atoms with Crippen molar-refractivity contribution in [1.82, 2.24) is 4.98 Å². The highest BCUT2D eigenvalue weighted by atomic mass is 79.9. The van der Waals surface area contributed by atoms with Gasteiger partial charge in [-0.2, -0.15) is 0 Å². The first kappa shape index (κ1) is 17.6. The van der Waals surface area contributed by atoms with E-state index in [0.717, 1.165) is 11.5 Å². The number of nitrogens with zero attached hydrogens (tertiary/aromatic N) is 2. The molecule has 0 aliphatic rings. The molecule has 0 radical (unpaired) electrons. The van der Waals surface area contributed by atoms with Crippen molar-refractivity contribution in [2.75, 3.05) is 4.72 Å². The van der Waals surface area contributed by atoms with Crippen LogP contribution in [-0.4, -0.2) is 18.3 Å². The summed E-state index contributed by atoms with van der Waals surface area (Å²) >= 11 is 9.05. The van der Waals surface area contributed by atoms with E-state index in [4.69, 9.17) is 11.6 Å². The predicted octanol–water partition coefficient (Wildman–Crippen LogP) is 4.36. The van der Waals surface area contributed by atoms with Crippen LogP contribution in [-0.2, 0) is 10.0 Å². The molecular weight excluding hydrogens is 434 g/mol. The molecular formula is C15H9BrClN3O4S. The van der Waals surface area contributed by atoms with Gasteiger partial charge in [0, 0.05) is 22.1 Å². The van der Waals surface area contributed by atoms with E-state index in [-0.39, 0.29) is 15.6 Å². The monoisotopic (exact) mass is 441 g/mol. The van der Waals surface area contributed by atoms with Gasteiger partial charge >= 0.3 is 0 Å². The van der Waals surface area contributed by atoms with Gasteiger partial charge in [-0.3, -0.25) is 19.8 Å². The first-order valence-corrected chi connectivity index (χ1v) is 9.44. The van der Waals surface area contributed by atoms with Gasteiger partial charge in [0.25, 0.3) is 15.7 Å². The van der Waals surface area contributed by atoms with Gasteiger partial charge in [0.1, 0.15) is 5.02 Å². The maximum atomic E-state index is 12.6. The Morgan fingerprint density at radius 3 is 2.68 bits per heavy atom. The van der Waals surface area contributed by atoms with E-state index in [1.165, 1.54) is 12.1 Å². The van der Waals surface area contributed by atoms with Crippen LogP contribution in [0.3, 0.4) is 0 Å². The van der Waals surface area contributed by atoms with Gasteiger partial charge in [-0.25, -0.2) is 8.42 Å². The van der Waals surface area contributed by atoms with E-state index in [2.05, 4.69) is 25.6 Å². The molecule has 0 amide bonds. The average molecular weight is 443 g/mol. The first-order valence-electron chi connectivity index (χ1n) is 6.79. The maximum Gasteiger partial charge on any atom is 0.289 e. The molecule has 25 heavy (non-hydrogen) atoms. The number of nitro groups is 1. The molecule has 0 fully saturated rings. The summed E-state index contributed by atoms with van der Waals surface area (Å²) < 4.78 is 28.3. The number of pyridine rings is 1. The molecule has 0 saturated heterocycles. The van der Waals surface area contributed by atoms with Crippen LogP contribution < -0.4 is 4.72 Å². The molecule has 1 heterocycles. The number of halogens is 2. The Kier molecular flexibility index (Phi) is 4.63. The topological polar surface area (TPSA) is 102 Å². The molecule has 128 valence electrons. The van der Waals surface area contributed by atoms with Crippen molar-refractivity contribution in [2.24, 2.45) is 0 Å². The van der Waals surface area contributed by atoms with E-state index in [0.29, 0.717) is 9.99 Å². The molecule has 3 aromatic rings. The van der Waals surface area contributed by atoms with E-state index >= 15 is 0 Å². The molecule has 0 aliphatic carbocycles. The minimum atomic E-state index is -4.07. The predicted molar refractivity (Wildman–Crippen MR) is 98.4 cm³/mol. The fourth-order valence-electron chi connectivity index (χ4n) is 2.24. The van der Waals surface area contributed by atoms with E-state index < -0.39 is 20.6 Å². The number of nitro benzene ring substituents is 1. The molecule has 0 unspecified atom stereocenters. The van der Waals surface area contributed by atoms with Crippen LogP contribution in [0.25, 0.3) is 10.9 Å². The molecule has 0 saturated carbocycles. The number of rotatable bonds is 4. The molecule has 3 rings (SSSR count). The third-order valence-electron chi connectivity index (χ3n) is 3.34. The van der Waals surface area contributed by atoms with E-state index in [1.54, 1.807) is 30.5 Å². The number of nitrogens with one attached hydrogen (secondary N) is 1. The Labute approximate surface area is 156 Å². The second kappa shape index (κ2) is 6.58. The lowest BCUT2D eigenvalue weighted by atomic mass is 10.2. The molecule has 1 N–H and O–H groups in total. The van der Waals surface area contributed by atoms with Crippen molar-refractivity contribution in [3.8, 4) is 0 Å². The van der Waals surface area contributed by atoms with Gasteiger partial charge in [-0.1, -0.05) is 33.6 Å². The summed E-state index contributed by atoms with van der Waals surface area (Å²) in [6.45, 7) is 0. The zero-order valence-corrected chi connectivity index (χ0v) is 15.5. The quantitative estimate of drug-likeness (QED) is 0.478. The zero-order valence-electron chi connectivity index (χ0n) is 12.3. The van der Waals surface area contributed by atoms with Crippen molar-refractivity contribution in [1.29, 1.82) is 0 Å². The van der Waals surface area contributed by atoms with Crippen LogP contribution in [0.1, 0.15) is 0 Å². The SMILES string of the molecule is O=[N+]([O-])c1cc(S(=O)(=O)Nc2cc(Br)cc3cccnc23)ccc1Cl. The standard InChI is InChI=1S/C15H9BrClN3O4S/c16-10-6-9-2-1-5-18-15(9)13(7-10)19-25(23,24)11-3-4-12(17)14(8-11)20(21)22/h1-8,19H. The lowest BCUT2D eigenvalue weighted by molar-refractivity contribution is -0.384. The van der Waals surface area contributed by atoms with Crippen molar-refractivity contribution >= 4 is 59.8 Å². The van der Waals surface area contributed by atoms with Crippen molar-refractivity contribution in [3.05, 3.63) is 68.3 Å². The van der Waals surface area contributed by atoms with Crippen LogP contribution >= 0.6 is 27.5 Å². The van der Waals surface area contributed by atoms with Crippen molar-refractivity contribution in [3.63, 3.8) is 0 Å². The lowest BCUT2D eigenvalue weighted by Crippen LogP contribution is -2.13. The molecule has 0 bridgehead atoms. The largest absolute Gasteiger partial charge is 0.289 e. The first-order chi connectivity index (χ1) is 11.8. The summed E-state index contributed by atoms with van der Waals surface area (Å²) in [4.78, 5) is 14.1. The van der Waals surface area contributed by atoms with E-state index in [1.807, 2.05) is 0 Å². The molecule has 10 heteroatoms. The Balaban J connectivity index is 2.09. The Hall–Kier alpha value is -2.23. The summed E-state index contributed by atoms with van der Waals surface area (Å²) in [5.74, 6) is 0. The summed E-state index contributed by atoms with van der Waals surface area (Å²) in [6.07, 6.45) is 1.54. The highest BCUT2D eigenvalue weighted by Crippen LogP contribution is 2.31. The second-order valence-corrected chi connectivity index (χ2v) is 8.01. The Morgan fingerprint density at radius 2 is 1.96 bits per heavy atom. The normalized spacial score (nSPS) is 11.4. The molecule has 7 nitrogen and oxygen atoms in total. The maximum absolute atomic E-state index is 12.6. The number of anilines is 1. The fourth-order valence-corrected chi connectivity index (χ4v) is 3.98. The summed E-state index contributed by atoms with van der Waals surface area (Å²) in [7, 11) is -4.07. The number of hydrogen-bond acceptors (Lipinski definition) is 5. The molecule has 0 spiro atoms. The van der Waals surface area contributed by atoms with Crippen molar-refractivity contribution < 1.29 is 13.3 Å². The third-order valence-corrected chi connectivity index (χ3v) is 5.48. The van der Waals surface area contributed by atoms with Crippen LogP contribution in [0.15, 0.2) is 58.0 Å². The molecule has 0 aliphatic heterocycles. The third kappa shape index (κ3) is 3.58. The van der Waals surface area contributed by atoms with Gasteiger partial charge in [0.05, 0.1) is 21.0 Å². The van der Waals surface area contributed by atoms with Gasteiger partial charge < -0.3 is 0 Å². The van der Waals surface area contributed by atoms with Gasteiger partial charge in [0.15, 0.2) is 0 Å². The molecule has 1 aromatic heterocycles. The lowest BCUT2D eigenvalue weighted by Gasteiger charge is -2.11. The minimum absolute atomic E-state index is 0.140. The summed E-state index contributed by atoms with van der Waals surface area (Å²) in [5, 5.41) is 11.6. The molecule has 0 atom stereocenters. The average Bonchev–Trinajstić information content (AvgIpc) is 2.54. The minimum Gasteiger partial charge on any atom is -0.277 e.